The molecule has 0 aliphatic carbocycles. The van der Waals surface area contributed by atoms with E-state index < -0.39 is 6.04 Å². The number of nitrogens with one attached hydrogen (secondary N) is 1. The molecule has 6 nitrogen and oxygen atoms in total. The van der Waals surface area contributed by atoms with Crippen LogP contribution in [0.5, 0.6) is 0 Å². The number of hydrogen-bond donors (Lipinski definition) is 2. The van der Waals surface area contributed by atoms with Crippen molar-refractivity contribution >= 4 is 11.7 Å². The van der Waals surface area contributed by atoms with Crippen molar-refractivity contribution in [2.75, 3.05) is 37.6 Å². The summed E-state index contributed by atoms with van der Waals surface area (Å²) in [6.07, 6.45) is 1.82. The molecule has 21 heavy (non-hydrogen) atoms. The Labute approximate surface area is 126 Å². The predicted octanol–water partition coefficient (Wildman–Crippen LogP) is 0.187. The molecule has 0 unspecified atom stereocenters. The minimum absolute atomic E-state index is 0.144. The second-order valence-electron chi connectivity index (χ2n) is 5.45. The zero-order valence-corrected chi connectivity index (χ0v) is 12.9. The standard InChI is InChI=1S/C15H25N5O/c1-3-19-6-8-20(9-7-19)14-5-4-13(10-17-14)11-18-15(21)12(2)16/h4-5,10,12H,3,6-9,11,16H2,1-2H3,(H,18,21)/t12-/m1/s1. The first-order valence-electron chi connectivity index (χ1n) is 7.55. The van der Waals surface area contributed by atoms with Gasteiger partial charge in [-0.2, -0.15) is 0 Å². The molecule has 3 N–H and O–H groups in total. The van der Waals surface area contributed by atoms with Crippen molar-refractivity contribution in [3.63, 3.8) is 0 Å². The van der Waals surface area contributed by atoms with Crippen LogP contribution in [0, 0.1) is 0 Å². The fourth-order valence-electron chi connectivity index (χ4n) is 2.35. The summed E-state index contributed by atoms with van der Waals surface area (Å²) < 4.78 is 0. The number of aromatic nitrogens is 1. The molecule has 0 bridgehead atoms. The van der Waals surface area contributed by atoms with Crippen LogP contribution in [-0.4, -0.2) is 54.6 Å². The number of carbonyl (C=O) groups excluding carboxylic acids is 1. The number of rotatable bonds is 5. The molecule has 1 fully saturated rings. The van der Waals surface area contributed by atoms with Crippen molar-refractivity contribution in [1.82, 2.24) is 15.2 Å². The van der Waals surface area contributed by atoms with Gasteiger partial charge in [0, 0.05) is 38.9 Å². The van der Waals surface area contributed by atoms with Crippen LogP contribution < -0.4 is 16.0 Å². The van der Waals surface area contributed by atoms with Crippen molar-refractivity contribution in [2.24, 2.45) is 5.73 Å². The summed E-state index contributed by atoms with van der Waals surface area (Å²) in [6, 6.07) is 3.55. The summed E-state index contributed by atoms with van der Waals surface area (Å²) in [5.74, 6) is 0.864. The fourth-order valence-corrected chi connectivity index (χ4v) is 2.35. The van der Waals surface area contributed by atoms with Crippen LogP contribution in [0.15, 0.2) is 18.3 Å². The Bertz CT molecular complexity index is 452. The number of nitrogens with zero attached hydrogens (tertiary/aromatic N) is 3. The highest BCUT2D eigenvalue weighted by Gasteiger charge is 2.16. The second kappa shape index (κ2) is 7.38. The smallest absolute Gasteiger partial charge is 0.236 e. The zero-order chi connectivity index (χ0) is 15.2. The molecule has 2 heterocycles. The van der Waals surface area contributed by atoms with Gasteiger partial charge >= 0.3 is 0 Å². The molecule has 1 aliphatic heterocycles. The Morgan fingerprint density at radius 3 is 2.62 bits per heavy atom. The monoisotopic (exact) mass is 291 g/mol. The van der Waals surface area contributed by atoms with Gasteiger partial charge in [0.2, 0.25) is 5.91 Å². The Balaban J connectivity index is 1.86. The first-order valence-corrected chi connectivity index (χ1v) is 7.55. The minimum Gasteiger partial charge on any atom is -0.354 e. The predicted molar refractivity (Wildman–Crippen MR) is 84.1 cm³/mol. The Kier molecular flexibility index (Phi) is 5.52. The van der Waals surface area contributed by atoms with Crippen molar-refractivity contribution < 1.29 is 4.79 Å². The summed E-state index contributed by atoms with van der Waals surface area (Å²) in [5, 5.41) is 2.79. The number of hydrogen-bond acceptors (Lipinski definition) is 5. The van der Waals surface area contributed by atoms with E-state index in [0.717, 1.165) is 44.1 Å². The molecule has 0 aromatic carbocycles. The molecule has 1 aliphatic rings. The summed E-state index contributed by atoms with van der Waals surface area (Å²) >= 11 is 0. The van der Waals surface area contributed by atoms with Gasteiger partial charge in [0.25, 0.3) is 0 Å². The van der Waals surface area contributed by atoms with Gasteiger partial charge < -0.3 is 20.9 Å². The molecular weight excluding hydrogens is 266 g/mol. The lowest BCUT2D eigenvalue weighted by molar-refractivity contribution is -0.122. The molecule has 0 radical (unpaired) electrons. The summed E-state index contributed by atoms with van der Waals surface area (Å²) in [7, 11) is 0. The lowest BCUT2D eigenvalue weighted by Gasteiger charge is -2.34. The van der Waals surface area contributed by atoms with Gasteiger partial charge in [-0.1, -0.05) is 13.0 Å². The topological polar surface area (TPSA) is 74.5 Å². The van der Waals surface area contributed by atoms with Crippen molar-refractivity contribution in [1.29, 1.82) is 0 Å². The molecule has 1 saturated heterocycles. The second-order valence-corrected chi connectivity index (χ2v) is 5.45. The third-order valence-corrected chi connectivity index (χ3v) is 3.83. The largest absolute Gasteiger partial charge is 0.354 e. The molecule has 0 saturated carbocycles. The van der Waals surface area contributed by atoms with Crippen LogP contribution in [0.25, 0.3) is 0 Å². The van der Waals surface area contributed by atoms with Crippen LogP contribution in [0.1, 0.15) is 19.4 Å². The van der Waals surface area contributed by atoms with Crippen LogP contribution in [0.4, 0.5) is 5.82 Å². The summed E-state index contributed by atoms with van der Waals surface area (Å²) in [5.41, 5.74) is 6.49. The maximum absolute atomic E-state index is 11.4. The number of anilines is 1. The Hall–Kier alpha value is -1.66. The van der Waals surface area contributed by atoms with E-state index in [2.05, 4.69) is 27.0 Å². The lowest BCUT2D eigenvalue weighted by Crippen LogP contribution is -2.46. The number of piperazine rings is 1. The average molecular weight is 291 g/mol. The van der Waals surface area contributed by atoms with E-state index in [9.17, 15) is 4.79 Å². The van der Waals surface area contributed by atoms with Gasteiger partial charge in [-0.3, -0.25) is 4.79 Å². The lowest BCUT2D eigenvalue weighted by atomic mass is 10.2. The van der Waals surface area contributed by atoms with Crippen molar-refractivity contribution in [2.45, 2.75) is 26.4 Å². The third kappa shape index (κ3) is 4.41. The van der Waals surface area contributed by atoms with Gasteiger partial charge in [-0.15, -0.1) is 0 Å². The molecule has 1 aromatic heterocycles. The van der Waals surface area contributed by atoms with Gasteiger partial charge in [-0.05, 0) is 25.1 Å². The molecule has 6 heteroatoms. The normalized spacial score (nSPS) is 17.6. The van der Waals surface area contributed by atoms with Crippen LogP contribution in [0.3, 0.4) is 0 Å². The third-order valence-electron chi connectivity index (χ3n) is 3.83. The summed E-state index contributed by atoms with van der Waals surface area (Å²) in [6.45, 7) is 9.65. The zero-order valence-electron chi connectivity index (χ0n) is 12.9. The molecule has 1 amide bonds. The SMILES string of the molecule is CCN1CCN(c2ccc(CNC(=O)[C@@H](C)N)cn2)CC1. The molecule has 0 spiro atoms. The molecular formula is C15H25N5O. The average Bonchev–Trinajstić information content (AvgIpc) is 2.53. The van der Waals surface area contributed by atoms with E-state index in [1.54, 1.807) is 6.92 Å². The van der Waals surface area contributed by atoms with E-state index in [0.29, 0.717) is 6.54 Å². The van der Waals surface area contributed by atoms with E-state index in [1.807, 2.05) is 18.3 Å². The Morgan fingerprint density at radius 1 is 1.38 bits per heavy atom. The van der Waals surface area contributed by atoms with Gasteiger partial charge in [0.05, 0.1) is 6.04 Å². The highest BCUT2D eigenvalue weighted by molar-refractivity contribution is 5.80. The molecule has 116 valence electrons. The first kappa shape index (κ1) is 15.7. The molecule has 2 rings (SSSR count). The van der Waals surface area contributed by atoms with E-state index >= 15 is 0 Å². The van der Waals surface area contributed by atoms with Gasteiger partial charge in [0.15, 0.2) is 0 Å². The fraction of sp³-hybridized carbons (Fsp3) is 0.600. The van der Waals surface area contributed by atoms with Crippen LogP contribution in [-0.2, 0) is 11.3 Å². The number of amides is 1. The maximum atomic E-state index is 11.4. The van der Waals surface area contributed by atoms with E-state index in [-0.39, 0.29) is 5.91 Å². The quantitative estimate of drug-likeness (QED) is 0.810. The number of likely N-dealkylation sites (N-methyl/N-ethyl adjacent to an activating group) is 1. The van der Waals surface area contributed by atoms with Crippen molar-refractivity contribution in [3.8, 4) is 0 Å². The summed E-state index contributed by atoms with van der Waals surface area (Å²) in [4.78, 5) is 20.7. The Morgan fingerprint density at radius 2 is 2.10 bits per heavy atom. The van der Waals surface area contributed by atoms with Gasteiger partial charge in [-0.25, -0.2) is 4.98 Å². The van der Waals surface area contributed by atoms with Crippen molar-refractivity contribution in [3.05, 3.63) is 23.9 Å². The van der Waals surface area contributed by atoms with Crippen LogP contribution >= 0.6 is 0 Å². The van der Waals surface area contributed by atoms with Gasteiger partial charge in [0.1, 0.15) is 5.82 Å². The number of pyridine rings is 1. The molecule has 1 atom stereocenters. The maximum Gasteiger partial charge on any atom is 0.236 e. The number of carbonyl (C=O) groups is 1. The first-order chi connectivity index (χ1) is 10.1. The number of nitrogens with two attached hydrogens (primary N) is 1. The van der Waals surface area contributed by atoms with E-state index in [1.165, 1.54) is 0 Å². The van der Waals surface area contributed by atoms with E-state index in [4.69, 9.17) is 5.73 Å². The minimum atomic E-state index is -0.480. The highest BCUT2D eigenvalue weighted by atomic mass is 16.2. The highest BCUT2D eigenvalue weighted by Crippen LogP contribution is 2.13. The van der Waals surface area contributed by atoms with Crippen LogP contribution in [0.2, 0.25) is 0 Å². The molecule has 1 aromatic rings.